The summed E-state index contributed by atoms with van der Waals surface area (Å²) in [5.41, 5.74) is 5.61. The first kappa shape index (κ1) is 23.9. The quantitative estimate of drug-likeness (QED) is 0.261. The molecule has 0 unspecified atom stereocenters. The first-order valence-corrected chi connectivity index (χ1v) is 11.7. The largest absolute Gasteiger partial charge is 0.395 e. The van der Waals surface area contributed by atoms with Crippen LogP contribution in [0.25, 0.3) is 0 Å². The SMILES string of the molecule is CCCCCCCCCC[C@@H]1C[C@@H]1CCCCCCC[C@@H](O)[C@@H](N)CO. The molecule has 0 heterocycles. The van der Waals surface area contributed by atoms with Gasteiger partial charge < -0.3 is 15.9 Å². The minimum atomic E-state index is -0.538. The molecule has 4 N–H and O–H groups in total. The van der Waals surface area contributed by atoms with Crippen LogP contribution >= 0.6 is 0 Å². The molecule has 0 amide bonds. The fourth-order valence-electron chi connectivity index (χ4n) is 4.18. The van der Waals surface area contributed by atoms with E-state index in [0.717, 1.165) is 24.7 Å². The molecule has 0 bridgehead atoms. The molecule has 0 radical (unpaired) electrons. The van der Waals surface area contributed by atoms with Crippen LogP contribution in [-0.4, -0.2) is 29.0 Å². The molecule has 1 aliphatic carbocycles. The van der Waals surface area contributed by atoms with Gasteiger partial charge in [0.15, 0.2) is 0 Å². The first-order valence-electron chi connectivity index (χ1n) is 11.7. The minimum absolute atomic E-state index is 0.122. The highest BCUT2D eigenvalue weighted by Crippen LogP contribution is 2.45. The number of rotatable bonds is 19. The van der Waals surface area contributed by atoms with Crippen molar-refractivity contribution in [2.24, 2.45) is 17.6 Å². The lowest BCUT2D eigenvalue weighted by molar-refractivity contribution is 0.0990. The molecule has 1 aliphatic rings. The van der Waals surface area contributed by atoms with Gasteiger partial charge >= 0.3 is 0 Å². The van der Waals surface area contributed by atoms with Gasteiger partial charge in [-0.15, -0.1) is 0 Å². The average Bonchev–Trinajstić information content (AvgIpc) is 3.40. The number of aliphatic hydroxyl groups excluding tert-OH is 2. The standard InChI is InChI=1S/C23H47NO2/c1-2-3-4-5-6-7-9-12-15-20-18-21(20)16-13-10-8-11-14-17-23(26)22(24)19-25/h20-23,25-26H,2-19,24H2,1H3/t20-,21+,22+,23-/m1/s1. The van der Waals surface area contributed by atoms with E-state index in [1.807, 2.05) is 0 Å². The van der Waals surface area contributed by atoms with Crippen LogP contribution < -0.4 is 5.73 Å². The molecule has 1 rings (SSSR count). The fourth-order valence-corrected chi connectivity index (χ4v) is 4.18. The molecule has 1 fully saturated rings. The summed E-state index contributed by atoms with van der Waals surface area (Å²) in [6.07, 6.45) is 22.3. The normalized spacial score (nSPS) is 21.7. The number of aliphatic hydroxyl groups is 2. The van der Waals surface area contributed by atoms with Crippen molar-refractivity contribution in [3.05, 3.63) is 0 Å². The summed E-state index contributed by atoms with van der Waals surface area (Å²) in [6.45, 7) is 2.16. The Morgan fingerprint density at radius 3 is 1.73 bits per heavy atom. The van der Waals surface area contributed by atoms with Crippen LogP contribution in [-0.2, 0) is 0 Å². The Morgan fingerprint density at radius 2 is 1.23 bits per heavy atom. The van der Waals surface area contributed by atoms with Crippen molar-refractivity contribution >= 4 is 0 Å². The smallest absolute Gasteiger partial charge is 0.0713 e. The van der Waals surface area contributed by atoms with Crippen LogP contribution in [0.5, 0.6) is 0 Å². The van der Waals surface area contributed by atoms with Crippen LogP contribution in [0.15, 0.2) is 0 Å². The van der Waals surface area contributed by atoms with Crippen molar-refractivity contribution in [3.63, 3.8) is 0 Å². The monoisotopic (exact) mass is 369 g/mol. The molecule has 3 nitrogen and oxygen atoms in total. The average molecular weight is 370 g/mol. The van der Waals surface area contributed by atoms with E-state index in [4.69, 9.17) is 10.8 Å². The highest BCUT2D eigenvalue weighted by Gasteiger charge is 2.34. The van der Waals surface area contributed by atoms with Gasteiger partial charge in [0.05, 0.1) is 18.8 Å². The van der Waals surface area contributed by atoms with Gasteiger partial charge in [0, 0.05) is 0 Å². The Balaban J connectivity index is 1.78. The topological polar surface area (TPSA) is 66.5 Å². The summed E-state index contributed by atoms with van der Waals surface area (Å²) >= 11 is 0. The molecule has 0 saturated heterocycles. The lowest BCUT2D eigenvalue weighted by Crippen LogP contribution is -2.37. The van der Waals surface area contributed by atoms with Crippen molar-refractivity contribution in [1.29, 1.82) is 0 Å². The second-order valence-electron chi connectivity index (χ2n) is 8.78. The summed E-state index contributed by atoms with van der Waals surface area (Å²) in [4.78, 5) is 0. The number of unbranched alkanes of at least 4 members (excludes halogenated alkanes) is 11. The van der Waals surface area contributed by atoms with Gasteiger partial charge in [0.1, 0.15) is 0 Å². The van der Waals surface area contributed by atoms with E-state index in [0.29, 0.717) is 0 Å². The molecule has 0 spiro atoms. The molecule has 26 heavy (non-hydrogen) atoms. The predicted molar refractivity (Wildman–Crippen MR) is 112 cm³/mol. The molecule has 3 heteroatoms. The summed E-state index contributed by atoms with van der Waals surface area (Å²) in [6, 6.07) is -0.470. The van der Waals surface area contributed by atoms with Crippen molar-refractivity contribution in [2.75, 3.05) is 6.61 Å². The molecular formula is C23H47NO2. The second kappa shape index (κ2) is 15.9. The summed E-state index contributed by atoms with van der Waals surface area (Å²) in [7, 11) is 0. The third-order valence-corrected chi connectivity index (χ3v) is 6.28. The van der Waals surface area contributed by atoms with Crippen molar-refractivity contribution < 1.29 is 10.2 Å². The number of nitrogens with two attached hydrogens (primary N) is 1. The zero-order valence-electron chi connectivity index (χ0n) is 17.5. The highest BCUT2D eigenvalue weighted by molar-refractivity contribution is 4.85. The first-order chi connectivity index (χ1) is 12.7. The van der Waals surface area contributed by atoms with Gasteiger partial charge in [0.2, 0.25) is 0 Å². The lowest BCUT2D eigenvalue weighted by Gasteiger charge is -2.15. The van der Waals surface area contributed by atoms with Gasteiger partial charge in [0.25, 0.3) is 0 Å². The Labute approximate surface area is 163 Å². The third kappa shape index (κ3) is 12.3. The predicted octanol–water partition coefficient (Wildman–Crippen LogP) is 5.56. The Bertz CT molecular complexity index is 311. The van der Waals surface area contributed by atoms with E-state index >= 15 is 0 Å². The molecular weight excluding hydrogens is 322 g/mol. The second-order valence-corrected chi connectivity index (χ2v) is 8.78. The zero-order valence-corrected chi connectivity index (χ0v) is 17.5. The molecule has 0 aromatic carbocycles. The molecule has 156 valence electrons. The summed E-state index contributed by atoms with van der Waals surface area (Å²) < 4.78 is 0. The van der Waals surface area contributed by atoms with E-state index in [9.17, 15) is 5.11 Å². The van der Waals surface area contributed by atoms with Crippen molar-refractivity contribution in [2.45, 2.75) is 128 Å². The zero-order chi connectivity index (χ0) is 19.0. The maximum atomic E-state index is 9.70. The van der Waals surface area contributed by atoms with Crippen LogP contribution in [0.4, 0.5) is 0 Å². The van der Waals surface area contributed by atoms with Crippen LogP contribution in [0, 0.1) is 11.8 Å². The van der Waals surface area contributed by atoms with Gasteiger partial charge in [-0.1, -0.05) is 103 Å². The van der Waals surface area contributed by atoms with Crippen LogP contribution in [0.3, 0.4) is 0 Å². The van der Waals surface area contributed by atoms with E-state index < -0.39 is 12.1 Å². The maximum Gasteiger partial charge on any atom is 0.0713 e. The minimum Gasteiger partial charge on any atom is -0.395 e. The van der Waals surface area contributed by atoms with Gasteiger partial charge in [-0.25, -0.2) is 0 Å². The summed E-state index contributed by atoms with van der Waals surface area (Å²) in [5.74, 6) is 2.11. The van der Waals surface area contributed by atoms with Gasteiger partial charge in [-0.2, -0.15) is 0 Å². The Hall–Kier alpha value is -0.120. The summed E-state index contributed by atoms with van der Waals surface area (Å²) in [5, 5.41) is 18.6. The molecule has 0 aromatic rings. The van der Waals surface area contributed by atoms with Gasteiger partial charge in [-0.05, 0) is 24.7 Å². The Kier molecular flexibility index (Phi) is 14.6. The van der Waals surface area contributed by atoms with Crippen molar-refractivity contribution in [3.8, 4) is 0 Å². The van der Waals surface area contributed by atoms with E-state index in [1.165, 1.54) is 96.3 Å². The number of hydrogen-bond acceptors (Lipinski definition) is 3. The lowest BCUT2D eigenvalue weighted by atomic mass is 10.0. The van der Waals surface area contributed by atoms with E-state index in [2.05, 4.69) is 6.92 Å². The van der Waals surface area contributed by atoms with Gasteiger partial charge in [-0.3, -0.25) is 0 Å². The maximum absolute atomic E-state index is 9.70. The molecule has 0 aliphatic heterocycles. The third-order valence-electron chi connectivity index (χ3n) is 6.28. The highest BCUT2D eigenvalue weighted by atomic mass is 16.3. The van der Waals surface area contributed by atoms with Crippen LogP contribution in [0.1, 0.15) is 116 Å². The Morgan fingerprint density at radius 1 is 0.769 bits per heavy atom. The van der Waals surface area contributed by atoms with Crippen LogP contribution in [0.2, 0.25) is 0 Å². The number of hydrogen-bond donors (Lipinski definition) is 3. The van der Waals surface area contributed by atoms with E-state index in [-0.39, 0.29) is 6.61 Å². The fraction of sp³-hybridized carbons (Fsp3) is 1.00. The molecule has 4 atom stereocenters. The van der Waals surface area contributed by atoms with E-state index in [1.54, 1.807) is 0 Å². The molecule has 0 aromatic heterocycles. The van der Waals surface area contributed by atoms with Crippen molar-refractivity contribution in [1.82, 2.24) is 0 Å². The molecule has 1 saturated carbocycles.